The highest BCUT2D eigenvalue weighted by molar-refractivity contribution is 7.70. The third-order valence-corrected chi connectivity index (χ3v) is 4.94. The molecule has 8 nitrogen and oxygen atoms in total. The van der Waals surface area contributed by atoms with E-state index in [-0.39, 0.29) is 11.6 Å². The number of thiazole rings is 1. The zero-order chi connectivity index (χ0) is 18.5. The number of nitrogens with zero attached hydrogens (tertiary/aromatic N) is 2. The number of aryl methyl sites for hydroxylation is 1. The Morgan fingerprint density at radius 1 is 1.23 bits per heavy atom. The van der Waals surface area contributed by atoms with Crippen molar-refractivity contribution < 1.29 is 17.6 Å². The zero-order valence-electron chi connectivity index (χ0n) is 13.7. The van der Waals surface area contributed by atoms with Gasteiger partial charge in [-0.15, -0.1) is 11.3 Å². The third kappa shape index (κ3) is 4.54. The first kappa shape index (κ1) is 18.2. The highest BCUT2D eigenvalue weighted by Gasteiger charge is 2.17. The minimum atomic E-state index is -2.82. The van der Waals surface area contributed by atoms with Crippen molar-refractivity contribution in [3.63, 3.8) is 0 Å². The van der Waals surface area contributed by atoms with Crippen LogP contribution in [0.5, 0.6) is 0 Å². The van der Waals surface area contributed by atoms with Crippen LogP contribution in [-0.2, 0) is 17.4 Å². The fourth-order valence-electron chi connectivity index (χ4n) is 2.34. The molecule has 1 amide bonds. The van der Waals surface area contributed by atoms with Crippen LogP contribution in [0, 0.1) is 6.92 Å². The van der Waals surface area contributed by atoms with Crippen molar-refractivity contribution in [1.82, 2.24) is 20.0 Å². The Balaban J connectivity index is 1.71. The molecule has 1 atom stereocenters. The molecule has 2 N–H and O–H groups in total. The van der Waals surface area contributed by atoms with E-state index in [4.69, 9.17) is 4.42 Å². The van der Waals surface area contributed by atoms with Gasteiger partial charge in [0.25, 0.3) is 5.91 Å². The van der Waals surface area contributed by atoms with Crippen molar-refractivity contribution in [3.05, 3.63) is 69.8 Å². The van der Waals surface area contributed by atoms with Gasteiger partial charge in [-0.2, -0.15) is 0 Å². The lowest BCUT2D eigenvalue weighted by molar-refractivity contribution is 0.0946. The van der Waals surface area contributed by atoms with Crippen LogP contribution in [0.1, 0.15) is 37.5 Å². The van der Waals surface area contributed by atoms with E-state index in [1.54, 1.807) is 24.4 Å². The molecule has 136 valence electrons. The zero-order valence-corrected chi connectivity index (χ0v) is 15.4. The van der Waals surface area contributed by atoms with Gasteiger partial charge in [0.2, 0.25) is 10.9 Å². The minimum Gasteiger partial charge on any atom is -0.472 e. The lowest BCUT2D eigenvalue weighted by atomic mass is 10.0. The van der Waals surface area contributed by atoms with Crippen LogP contribution in [0.3, 0.4) is 0 Å². The van der Waals surface area contributed by atoms with E-state index in [1.807, 2.05) is 6.92 Å². The SMILES string of the molecule is Cc1ncc(CNC(=O)c2ccc(C(N[SH](=O)=O)c3ccoc3)cn2)s1. The molecule has 3 aromatic rings. The Labute approximate surface area is 155 Å². The quantitative estimate of drug-likeness (QED) is 0.526. The molecule has 0 aliphatic rings. The van der Waals surface area contributed by atoms with Gasteiger partial charge in [-0.3, -0.25) is 9.78 Å². The van der Waals surface area contributed by atoms with Gasteiger partial charge in [0.05, 0.1) is 30.1 Å². The van der Waals surface area contributed by atoms with E-state index < -0.39 is 16.9 Å². The maximum atomic E-state index is 12.2. The molecule has 1 unspecified atom stereocenters. The molecule has 0 aliphatic carbocycles. The summed E-state index contributed by atoms with van der Waals surface area (Å²) in [6, 6.07) is 4.24. The fraction of sp³-hybridized carbons (Fsp3) is 0.188. The van der Waals surface area contributed by atoms with Crippen LogP contribution in [0.4, 0.5) is 0 Å². The number of thiol groups is 1. The summed E-state index contributed by atoms with van der Waals surface area (Å²) in [4.78, 5) is 21.4. The van der Waals surface area contributed by atoms with Crippen LogP contribution < -0.4 is 10.0 Å². The molecule has 26 heavy (non-hydrogen) atoms. The van der Waals surface area contributed by atoms with E-state index in [0.29, 0.717) is 17.7 Å². The summed E-state index contributed by atoms with van der Waals surface area (Å²) < 4.78 is 29.6. The molecule has 0 radical (unpaired) electrons. The standard InChI is InChI=1S/C16H16N4O4S2/c1-10-17-7-13(25-10)8-19-16(21)14-3-2-11(6-18-14)15(20-26(22)23)12-4-5-24-9-12/h2-7,9,15,26H,8H2,1H3,(H,19,21)(H,20,22,23). The van der Waals surface area contributed by atoms with Crippen LogP contribution in [0.15, 0.2) is 47.5 Å². The van der Waals surface area contributed by atoms with Gasteiger partial charge in [-0.1, -0.05) is 6.07 Å². The number of carbonyl (C=O) groups is 1. The second-order valence-corrected chi connectivity index (χ2v) is 7.47. The molecule has 0 aliphatic heterocycles. The van der Waals surface area contributed by atoms with Gasteiger partial charge in [-0.25, -0.2) is 18.1 Å². The summed E-state index contributed by atoms with van der Waals surface area (Å²) in [7, 11) is -2.82. The van der Waals surface area contributed by atoms with Gasteiger partial charge < -0.3 is 9.73 Å². The van der Waals surface area contributed by atoms with E-state index >= 15 is 0 Å². The highest BCUT2D eigenvalue weighted by Crippen LogP contribution is 2.22. The maximum absolute atomic E-state index is 12.2. The van der Waals surface area contributed by atoms with Crippen LogP contribution in [0.2, 0.25) is 0 Å². The van der Waals surface area contributed by atoms with Gasteiger partial charge >= 0.3 is 0 Å². The summed E-state index contributed by atoms with van der Waals surface area (Å²) in [5, 5.41) is 3.71. The Kier molecular flexibility index (Phi) is 5.76. The number of rotatable bonds is 7. The van der Waals surface area contributed by atoms with Gasteiger partial charge in [-0.05, 0) is 24.6 Å². The van der Waals surface area contributed by atoms with Crippen molar-refractivity contribution in [1.29, 1.82) is 0 Å². The van der Waals surface area contributed by atoms with Crippen molar-refractivity contribution in [2.24, 2.45) is 0 Å². The van der Waals surface area contributed by atoms with E-state index in [2.05, 4.69) is 20.0 Å². The second-order valence-electron chi connectivity index (χ2n) is 5.38. The predicted molar refractivity (Wildman–Crippen MR) is 96.3 cm³/mol. The summed E-state index contributed by atoms with van der Waals surface area (Å²) in [6.45, 7) is 2.28. The summed E-state index contributed by atoms with van der Waals surface area (Å²) in [5.74, 6) is -0.315. The van der Waals surface area contributed by atoms with Crippen LogP contribution in [0.25, 0.3) is 0 Å². The molecule has 0 saturated carbocycles. The first-order chi connectivity index (χ1) is 12.5. The molecule has 0 fully saturated rings. The molecule has 0 saturated heterocycles. The summed E-state index contributed by atoms with van der Waals surface area (Å²) in [6.07, 6.45) is 6.10. The molecule has 10 heteroatoms. The molecule has 3 heterocycles. The average Bonchev–Trinajstić information content (AvgIpc) is 3.29. The van der Waals surface area contributed by atoms with E-state index in [0.717, 1.165) is 9.88 Å². The Morgan fingerprint density at radius 2 is 2.08 bits per heavy atom. The molecule has 3 aromatic heterocycles. The normalized spacial score (nSPS) is 12.2. The number of nitrogens with one attached hydrogen (secondary N) is 2. The fourth-order valence-corrected chi connectivity index (χ4v) is 3.59. The molecular formula is C16H16N4O4S2. The second kappa shape index (κ2) is 8.21. The largest absolute Gasteiger partial charge is 0.472 e. The summed E-state index contributed by atoms with van der Waals surface area (Å²) in [5.41, 5.74) is 1.48. The smallest absolute Gasteiger partial charge is 0.270 e. The van der Waals surface area contributed by atoms with Gasteiger partial charge in [0.15, 0.2) is 0 Å². The molecule has 0 aromatic carbocycles. The molecule has 0 spiro atoms. The Bertz CT molecular complexity index is 941. The number of aromatic nitrogens is 2. The maximum Gasteiger partial charge on any atom is 0.270 e. The lowest BCUT2D eigenvalue weighted by Gasteiger charge is -2.14. The average molecular weight is 392 g/mol. The number of hydrogen-bond acceptors (Lipinski definition) is 7. The number of pyridine rings is 1. The van der Waals surface area contributed by atoms with Crippen LogP contribution >= 0.6 is 11.3 Å². The third-order valence-electron chi connectivity index (χ3n) is 3.56. The number of furan rings is 1. The minimum absolute atomic E-state index is 0.243. The Morgan fingerprint density at radius 3 is 2.65 bits per heavy atom. The molecule has 0 bridgehead atoms. The van der Waals surface area contributed by atoms with Crippen molar-refractivity contribution in [3.8, 4) is 0 Å². The van der Waals surface area contributed by atoms with Crippen molar-refractivity contribution in [2.45, 2.75) is 19.5 Å². The first-order valence-corrected chi connectivity index (χ1v) is 9.60. The van der Waals surface area contributed by atoms with Crippen molar-refractivity contribution in [2.75, 3.05) is 0 Å². The summed E-state index contributed by atoms with van der Waals surface area (Å²) >= 11 is 1.51. The lowest BCUT2D eigenvalue weighted by Crippen LogP contribution is -2.24. The van der Waals surface area contributed by atoms with E-state index in [1.165, 1.54) is 30.1 Å². The predicted octanol–water partition coefficient (Wildman–Crippen LogP) is 1.57. The monoisotopic (exact) mass is 392 g/mol. The van der Waals surface area contributed by atoms with Crippen LogP contribution in [-0.4, -0.2) is 24.3 Å². The van der Waals surface area contributed by atoms with E-state index in [9.17, 15) is 13.2 Å². The number of carbonyl (C=O) groups excluding carboxylic acids is 1. The highest BCUT2D eigenvalue weighted by atomic mass is 32.2. The molecular weight excluding hydrogens is 376 g/mol. The number of hydrogen-bond donors (Lipinski definition) is 3. The van der Waals surface area contributed by atoms with Gasteiger partial charge in [0.1, 0.15) is 5.69 Å². The van der Waals surface area contributed by atoms with Crippen molar-refractivity contribution >= 4 is 28.1 Å². The number of amides is 1. The Hall–Kier alpha value is -2.56. The first-order valence-electron chi connectivity index (χ1n) is 7.61. The van der Waals surface area contributed by atoms with Gasteiger partial charge in [0, 0.05) is 22.8 Å². The molecule has 3 rings (SSSR count). The topological polar surface area (TPSA) is 114 Å².